The molecule has 1 heterocycles. The molecule has 0 aromatic heterocycles. The van der Waals surface area contributed by atoms with Crippen LogP contribution in [0.1, 0.15) is 0 Å². The third-order valence-corrected chi connectivity index (χ3v) is 0.919. The quantitative estimate of drug-likeness (QED) is 0.263. The molecule has 0 spiro atoms. The number of hydrogen-bond donors (Lipinski definition) is 0. The Morgan fingerprint density at radius 2 is 2.60 bits per heavy atom. The number of rotatable bonds is 1. The maximum absolute atomic E-state index is 5.27. The molecule has 2 heteroatoms. The Balaban J connectivity index is 2.00. The summed E-state index contributed by atoms with van der Waals surface area (Å²) in [6, 6.07) is 0. The van der Waals surface area contributed by atoms with Gasteiger partial charge in [0.2, 0.25) is 0 Å². The summed E-state index contributed by atoms with van der Waals surface area (Å²) in [6.07, 6.45) is 0.400. The van der Waals surface area contributed by atoms with Crippen LogP contribution in [0.2, 0.25) is 0 Å². The van der Waals surface area contributed by atoms with Crippen LogP contribution in [0.25, 0.3) is 0 Å². The van der Waals surface area contributed by atoms with E-state index in [-0.39, 0.29) is 0 Å². The van der Waals surface area contributed by atoms with Crippen molar-refractivity contribution in [2.75, 3.05) is 12.5 Å². The van der Waals surface area contributed by atoms with Crippen molar-refractivity contribution < 1.29 is 4.74 Å². The minimum atomic E-state index is 0.400. The lowest BCUT2D eigenvalue weighted by atomic mass is 11.0. The van der Waals surface area contributed by atoms with Gasteiger partial charge in [-0.2, -0.15) is 0 Å². The molecule has 1 rings (SSSR count). The fourth-order valence-electron chi connectivity index (χ4n) is 0.157. The van der Waals surface area contributed by atoms with Crippen LogP contribution in [0.4, 0.5) is 0 Å². The summed E-state index contributed by atoms with van der Waals surface area (Å²) < 4.78 is 4.73. The number of epoxide rings is 1. The molecule has 1 fully saturated rings. The van der Waals surface area contributed by atoms with Crippen molar-refractivity contribution >= 4 is 11.6 Å². The minimum Gasteiger partial charge on any atom is -0.372 e. The molecule has 0 bridgehead atoms. The van der Waals surface area contributed by atoms with Gasteiger partial charge in [0, 0.05) is 0 Å². The molecule has 0 amide bonds. The van der Waals surface area contributed by atoms with Gasteiger partial charge in [-0.1, -0.05) is 0 Å². The van der Waals surface area contributed by atoms with Crippen LogP contribution in [0, 0.1) is 0 Å². The highest BCUT2D eigenvalue weighted by atomic mass is 35.5. The highest BCUT2D eigenvalue weighted by molar-refractivity contribution is 6.18. The standard InChI is InChI=1S/C3H5ClO/c4-1-3-2-5-3/h3H,1-2H2/i3+1. The van der Waals surface area contributed by atoms with Crippen LogP contribution in [0.3, 0.4) is 0 Å². The second-order valence-corrected chi connectivity index (χ2v) is 1.42. The van der Waals surface area contributed by atoms with Crippen LogP contribution >= 0.6 is 11.6 Å². The fraction of sp³-hybridized carbons (Fsp3) is 1.00. The summed E-state index contributed by atoms with van der Waals surface area (Å²) in [7, 11) is 0. The van der Waals surface area contributed by atoms with Gasteiger partial charge in [-0.15, -0.1) is 11.6 Å². The van der Waals surface area contributed by atoms with E-state index in [4.69, 9.17) is 16.3 Å². The van der Waals surface area contributed by atoms with Crippen molar-refractivity contribution in [3.05, 3.63) is 0 Å². The molecular weight excluding hydrogens is 88.5 g/mol. The summed E-state index contributed by atoms with van der Waals surface area (Å²) in [6.45, 7) is 0.878. The number of alkyl halides is 1. The number of hydrogen-bond acceptors (Lipinski definition) is 1. The smallest absolute Gasteiger partial charge is 0.0944 e. The van der Waals surface area contributed by atoms with E-state index in [1.807, 2.05) is 0 Å². The van der Waals surface area contributed by atoms with Crippen molar-refractivity contribution in [1.29, 1.82) is 0 Å². The monoisotopic (exact) mass is 93.0 g/mol. The predicted octanol–water partition coefficient (Wildman–Crippen LogP) is 0.624. The maximum atomic E-state index is 5.27. The second kappa shape index (κ2) is 1.15. The van der Waals surface area contributed by atoms with E-state index < -0.39 is 0 Å². The van der Waals surface area contributed by atoms with Crippen LogP contribution < -0.4 is 0 Å². The van der Waals surface area contributed by atoms with Crippen LogP contribution in [0.15, 0.2) is 0 Å². The zero-order valence-corrected chi connectivity index (χ0v) is 3.53. The largest absolute Gasteiger partial charge is 0.372 e. The highest BCUT2D eigenvalue weighted by Crippen LogP contribution is 2.08. The molecule has 1 nitrogen and oxygen atoms in total. The summed E-state index contributed by atoms with van der Waals surface area (Å²) in [4.78, 5) is 0. The molecule has 0 aliphatic carbocycles. The molecule has 30 valence electrons. The molecule has 5 heavy (non-hydrogen) atoms. The Labute approximate surface area is 35.9 Å². The topological polar surface area (TPSA) is 12.5 Å². The molecule has 1 aliphatic rings. The molecule has 1 atom stereocenters. The predicted molar refractivity (Wildman–Crippen MR) is 20.5 cm³/mol. The van der Waals surface area contributed by atoms with E-state index in [1.165, 1.54) is 0 Å². The van der Waals surface area contributed by atoms with Gasteiger partial charge in [-0.25, -0.2) is 0 Å². The molecule has 1 saturated heterocycles. The third kappa shape index (κ3) is 0.781. The fourth-order valence-corrected chi connectivity index (χ4v) is 0.335. The molecule has 0 radical (unpaired) electrons. The van der Waals surface area contributed by atoms with Crippen molar-refractivity contribution in [3.8, 4) is 0 Å². The van der Waals surface area contributed by atoms with E-state index in [2.05, 4.69) is 0 Å². The summed E-state index contributed by atoms with van der Waals surface area (Å²) in [5, 5.41) is 0. The van der Waals surface area contributed by atoms with Crippen LogP contribution in [0.5, 0.6) is 0 Å². The summed E-state index contributed by atoms with van der Waals surface area (Å²) in [5.41, 5.74) is 0. The Morgan fingerprint density at radius 1 is 2.00 bits per heavy atom. The number of halogens is 1. The molecule has 0 aromatic carbocycles. The first-order chi connectivity index (χ1) is 2.43. The van der Waals surface area contributed by atoms with E-state index in [9.17, 15) is 0 Å². The van der Waals surface area contributed by atoms with E-state index in [0.717, 1.165) is 6.61 Å². The van der Waals surface area contributed by atoms with E-state index in [1.54, 1.807) is 0 Å². The SMILES string of the molecule is ClC[13CH]1CO1. The van der Waals surface area contributed by atoms with Gasteiger partial charge in [0.25, 0.3) is 0 Å². The Hall–Kier alpha value is 0.250. The van der Waals surface area contributed by atoms with Gasteiger partial charge in [-0.3, -0.25) is 0 Å². The first-order valence-corrected chi connectivity index (χ1v) is 2.14. The maximum Gasteiger partial charge on any atom is 0.0944 e. The Morgan fingerprint density at radius 3 is 2.60 bits per heavy atom. The number of ether oxygens (including phenoxy) is 1. The van der Waals surface area contributed by atoms with E-state index >= 15 is 0 Å². The van der Waals surface area contributed by atoms with Crippen LogP contribution in [-0.4, -0.2) is 18.6 Å². The van der Waals surface area contributed by atoms with Gasteiger partial charge in [0.05, 0.1) is 18.6 Å². The zero-order valence-electron chi connectivity index (χ0n) is 2.78. The van der Waals surface area contributed by atoms with Crippen molar-refractivity contribution in [2.45, 2.75) is 6.10 Å². The first kappa shape index (κ1) is 3.44. The van der Waals surface area contributed by atoms with Crippen molar-refractivity contribution in [2.24, 2.45) is 0 Å². The van der Waals surface area contributed by atoms with E-state index in [0.29, 0.717) is 12.0 Å². The van der Waals surface area contributed by atoms with Gasteiger partial charge in [0.1, 0.15) is 0 Å². The van der Waals surface area contributed by atoms with Crippen LogP contribution in [-0.2, 0) is 4.74 Å². The lowest BCUT2D eigenvalue weighted by Crippen LogP contribution is -1.80. The molecule has 0 N–H and O–H groups in total. The van der Waals surface area contributed by atoms with Crippen molar-refractivity contribution in [3.63, 3.8) is 0 Å². The normalized spacial score (nSPS) is 34.2. The Kier molecular flexibility index (Phi) is 0.791. The average Bonchev–Trinajstić information content (AvgIpc) is 2.12. The molecule has 0 aromatic rings. The Bertz CT molecular complexity index is 33.9. The molecular formula is C3H5ClO. The summed E-state index contributed by atoms with van der Waals surface area (Å²) in [5.74, 6) is 0.667. The van der Waals surface area contributed by atoms with Gasteiger partial charge in [-0.05, 0) is 0 Å². The first-order valence-electron chi connectivity index (χ1n) is 1.61. The second-order valence-electron chi connectivity index (χ2n) is 1.11. The minimum absolute atomic E-state index is 0.400. The van der Waals surface area contributed by atoms with Crippen molar-refractivity contribution in [1.82, 2.24) is 0 Å². The lowest BCUT2D eigenvalue weighted by molar-refractivity contribution is 0.425. The molecule has 0 saturated carbocycles. The summed E-state index contributed by atoms with van der Waals surface area (Å²) >= 11 is 5.27. The molecule has 1 unspecified atom stereocenters. The van der Waals surface area contributed by atoms with Gasteiger partial charge < -0.3 is 4.74 Å². The molecule has 1 aliphatic heterocycles. The van der Waals surface area contributed by atoms with Gasteiger partial charge in [0.15, 0.2) is 0 Å². The lowest BCUT2D eigenvalue weighted by Gasteiger charge is -1.67. The highest BCUT2D eigenvalue weighted by Gasteiger charge is 2.19. The van der Waals surface area contributed by atoms with Gasteiger partial charge >= 0.3 is 0 Å². The third-order valence-electron chi connectivity index (χ3n) is 0.574. The average molecular weight is 93.5 g/mol. The zero-order chi connectivity index (χ0) is 3.70.